The first-order valence-electron chi connectivity index (χ1n) is 9.53. The lowest BCUT2D eigenvalue weighted by molar-refractivity contribution is -0.139. The Kier molecular flexibility index (Phi) is 9.09. The van der Waals surface area contributed by atoms with Crippen molar-refractivity contribution in [3.63, 3.8) is 0 Å². The quantitative estimate of drug-likeness (QED) is 0.254. The molecule has 1 rings (SSSR count). The number of carbonyl (C=O) groups is 1. The zero-order chi connectivity index (χ0) is 22.4. The molecule has 29 heavy (non-hydrogen) atoms. The van der Waals surface area contributed by atoms with Crippen molar-refractivity contribution in [2.75, 3.05) is 26.5 Å². The van der Waals surface area contributed by atoms with Gasteiger partial charge in [-0.3, -0.25) is 9.46 Å². The lowest BCUT2D eigenvalue weighted by atomic mass is 9.85. The van der Waals surface area contributed by atoms with E-state index >= 15 is 0 Å². The highest BCUT2D eigenvalue weighted by Crippen LogP contribution is 2.37. The summed E-state index contributed by atoms with van der Waals surface area (Å²) in [5, 5.41) is 0. The third-order valence-electron chi connectivity index (χ3n) is 4.20. The highest BCUT2D eigenvalue weighted by atomic mass is 31.2. The van der Waals surface area contributed by atoms with Crippen molar-refractivity contribution < 1.29 is 28.6 Å². The third-order valence-corrected chi connectivity index (χ3v) is 5.05. The van der Waals surface area contributed by atoms with Crippen molar-refractivity contribution in [2.24, 2.45) is 0 Å². The Hall–Kier alpha value is -1.66. The molecule has 0 heterocycles. The van der Waals surface area contributed by atoms with Gasteiger partial charge in [0.15, 0.2) is 0 Å². The largest absolute Gasteiger partial charge is 0.493 e. The molecular formula is C21H34NO6P. The van der Waals surface area contributed by atoms with Crippen LogP contribution in [0.15, 0.2) is 24.3 Å². The van der Waals surface area contributed by atoms with Gasteiger partial charge in [0.05, 0.1) is 13.2 Å². The van der Waals surface area contributed by atoms with Crippen LogP contribution < -0.4 is 4.74 Å². The van der Waals surface area contributed by atoms with Crippen molar-refractivity contribution in [1.29, 1.82) is 0 Å². The molecule has 8 heteroatoms. The predicted octanol–water partition coefficient (Wildman–Crippen LogP) is 3.75. The summed E-state index contributed by atoms with van der Waals surface area (Å²) in [6, 6.07) is 4.10. The summed E-state index contributed by atoms with van der Waals surface area (Å²) in [7, 11) is -2.48. The van der Waals surface area contributed by atoms with Crippen molar-refractivity contribution in [1.82, 2.24) is 4.90 Å². The van der Waals surface area contributed by atoms with Gasteiger partial charge in [-0.15, -0.1) is 0 Å². The molecule has 0 saturated heterocycles. The van der Waals surface area contributed by atoms with Gasteiger partial charge in [0.2, 0.25) is 0 Å². The minimum Gasteiger partial charge on any atom is -0.493 e. The third kappa shape index (κ3) is 9.13. The van der Waals surface area contributed by atoms with Crippen LogP contribution in [0.3, 0.4) is 0 Å². The summed E-state index contributed by atoms with van der Waals surface area (Å²) >= 11 is 0. The summed E-state index contributed by atoms with van der Waals surface area (Å²) < 4.78 is 22.4. The van der Waals surface area contributed by atoms with Gasteiger partial charge in [-0.05, 0) is 37.4 Å². The Morgan fingerprint density at radius 3 is 2.38 bits per heavy atom. The van der Waals surface area contributed by atoms with Crippen LogP contribution in [-0.2, 0) is 26.1 Å². The smallest absolute Gasteiger partial charge is 0.339 e. The Morgan fingerprint density at radius 2 is 1.86 bits per heavy atom. The van der Waals surface area contributed by atoms with Crippen LogP contribution in [0.1, 0.15) is 50.8 Å². The Balaban J connectivity index is 2.95. The number of benzene rings is 1. The summed E-state index contributed by atoms with van der Waals surface area (Å²) in [5.41, 5.74) is 3.23. The van der Waals surface area contributed by atoms with Crippen molar-refractivity contribution in [2.45, 2.75) is 53.0 Å². The van der Waals surface area contributed by atoms with E-state index in [1.165, 1.54) is 0 Å². The van der Waals surface area contributed by atoms with E-state index in [2.05, 4.69) is 33.4 Å². The average molecular weight is 427 g/mol. The summed E-state index contributed by atoms with van der Waals surface area (Å²) in [6.07, 6.45) is 0.194. The minimum absolute atomic E-state index is 0.0728. The Labute approximate surface area is 173 Å². The monoisotopic (exact) mass is 427 g/mol. The number of ether oxygens (including phenoxy) is 2. The molecule has 1 aromatic carbocycles. The summed E-state index contributed by atoms with van der Waals surface area (Å²) in [6.45, 7) is 14.4. The van der Waals surface area contributed by atoms with Crippen LogP contribution in [-0.4, -0.2) is 47.2 Å². The summed E-state index contributed by atoms with van der Waals surface area (Å²) in [4.78, 5) is 31.5. The fourth-order valence-electron chi connectivity index (χ4n) is 2.78. The van der Waals surface area contributed by atoms with E-state index in [4.69, 9.17) is 9.47 Å². The zero-order valence-electron chi connectivity index (χ0n) is 18.3. The highest BCUT2D eigenvalue weighted by Gasteiger charge is 2.21. The van der Waals surface area contributed by atoms with Crippen LogP contribution in [0.4, 0.5) is 0 Å². The fraction of sp³-hybridized carbons (Fsp3) is 0.571. The van der Waals surface area contributed by atoms with Gasteiger partial charge >= 0.3 is 13.6 Å². The predicted molar refractivity (Wildman–Crippen MR) is 114 cm³/mol. The standard InChI is InChI=1S/C21H34NO6P/c1-15(2)20(23)28-10-8-9-27-19-16(3)11-18(21(4,5)6)12-17(19)13-22(7)14-29(24,25)26/h11-12H,1,8-10,13-14H2,2-7H3,(H2,24,25,26). The molecule has 0 radical (unpaired) electrons. The van der Waals surface area contributed by atoms with Gasteiger partial charge in [-0.2, -0.15) is 0 Å². The van der Waals surface area contributed by atoms with Crippen molar-refractivity contribution in [3.8, 4) is 5.75 Å². The molecule has 0 aromatic heterocycles. The molecule has 7 nitrogen and oxygen atoms in total. The molecule has 2 N–H and O–H groups in total. The van der Waals surface area contributed by atoms with E-state index in [0.717, 1.165) is 16.7 Å². The van der Waals surface area contributed by atoms with Gasteiger partial charge in [0.1, 0.15) is 12.0 Å². The van der Waals surface area contributed by atoms with E-state index in [0.29, 0.717) is 30.9 Å². The van der Waals surface area contributed by atoms with E-state index in [1.807, 2.05) is 13.0 Å². The number of hydrogen-bond acceptors (Lipinski definition) is 5. The maximum absolute atomic E-state index is 11.4. The molecule has 0 bridgehead atoms. The van der Waals surface area contributed by atoms with E-state index < -0.39 is 13.6 Å². The number of nitrogens with zero attached hydrogens (tertiary/aromatic N) is 1. The van der Waals surface area contributed by atoms with Crippen LogP contribution >= 0.6 is 7.60 Å². The normalized spacial score (nSPS) is 12.2. The molecule has 0 aliphatic carbocycles. The zero-order valence-corrected chi connectivity index (χ0v) is 19.2. The molecule has 0 spiro atoms. The molecular weight excluding hydrogens is 393 g/mol. The number of carbonyl (C=O) groups excluding carboxylic acids is 1. The second kappa shape index (κ2) is 10.4. The van der Waals surface area contributed by atoms with Crippen molar-refractivity contribution in [3.05, 3.63) is 41.0 Å². The molecule has 0 aliphatic heterocycles. The number of hydrogen-bond donors (Lipinski definition) is 2. The lowest BCUT2D eigenvalue weighted by Gasteiger charge is -2.25. The van der Waals surface area contributed by atoms with Gasteiger partial charge < -0.3 is 19.3 Å². The SMILES string of the molecule is C=C(C)C(=O)OCCCOc1c(C)cc(C(C)(C)C)cc1CN(C)CP(=O)(O)O. The van der Waals surface area contributed by atoms with E-state index in [9.17, 15) is 19.1 Å². The summed E-state index contributed by atoms with van der Waals surface area (Å²) in [5.74, 6) is 0.275. The van der Waals surface area contributed by atoms with Gasteiger partial charge in [0, 0.05) is 24.1 Å². The molecule has 0 fully saturated rings. The van der Waals surface area contributed by atoms with Crippen LogP contribution in [0.25, 0.3) is 0 Å². The molecule has 1 aromatic rings. The van der Waals surface area contributed by atoms with Crippen molar-refractivity contribution >= 4 is 13.6 Å². The molecule has 0 amide bonds. The average Bonchev–Trinajstić information content (AvgIpc) is 2.53. The molecule has 164 valence electrons. The van der Waals surface area contributed by atoms with Gasteiger partial charge in [-0.25, -0.2) is 4.79 Å². The maximum atomic E-state index is 11.4. The lowest BCUT2D eigenvalue weighted by Crippen LogP contribution is -2.21. The number of rotatable bonds is 10. The number of aryl methyl sites for hydroxylation is 1. The molecule has 0 aliphatic rings. The first-order chi connectivity index (χ1) is 13.2. The molecule has 0 atom stereocenters. The van der Waals surface area contributed by atoms with Crippen LogP contribution in [0.5, 0.6) is 5.75 Å². The number of esters is 1. The fourth-order valence-corrected chi connectivity index (χ4v) is 3.51. The molecule has 0 saturated carbocycles. The van der Waals surface area contributed by atoms with Gasteiger partial charge in [-0.1, -0.05) is 39.5 Å². The van der Waals surface area contributed by atoms with E-state index in [1.54, 1.807) is 18.9 Å². The van der Waals surface area contributed by atoms with E-state index in [-0.39, 0.29) is 18.3 Å². The molecule has 0 unspecified atom stereocenters. The maximum Gasteiger partial charge on any atom is 0.339 e. The van der Waals surface area contributed by atoms with Crippen LogP contribution in [0, 0.1) is 6.92 Å². The Bertz CT molecular complexity index is 778. The van der Waals surface area contributed by atoms with Crippen LogP contribution in [0.2, 0.25) is 0 Å². The second-order valence-corrected chi connectivity index (χ2v) is 10.1. The minimum atomic E-state index is -4.15. The topological polar surface area (TPSA) is 96.3 Å². The first-order valence-corrected chi connectivity index (χ1v) is 11.3. The highest BCUT2D eigenvalue weighted by molar-refractivity contribution is 7.51. The first kappa shape index (κ1) is 25.4. The van der Waals surface area contributed by atoms with Gasteiger partial charge in [0.25, 0.3) is 0 Å². The Morgan fingerprint density at radius 1 is 1.24 bits per heavy atom. The second-order valence-electron chi connectivity index (χ2n) is 8.47.